The zero-order chi connectivity index (χ0) is 26.4. The van der Waals surface area contributed by atoms with E-state index >= 15 is 0 Å². The first-order valence-corrected chi connectivity index (χ1v) is 13.9. The van der Waals surface area contributed by atoms with Crippen LogP contribution in [0.15, 0.2) is 57.9 Å². The first-order chi connectivity index (χ1) is 17.8. The molecule has 1 N–H and O–H groups in total. The average molecular weight is 524 g/mol. The number of amides is 1. The van der Waals surface area contributed by atoms with E-state index in [1.165, 1.54) is 4.31 Å². The van der Waals surface area contributed by atoms with Crippen molar-refractivity contribution in [3.05, 3.63) is 76.7 Å². The molecule has 1 amide bonds. The highest BCUT2D eigenvalue weighted by atomic mass is 32.2. The number of rotatable bonds is 9. The van der Waals surface area contributed by atoms with Crippen molar-refractivity contribution in [2.45, 2.75) is 45.1 Å². The summed E-state index contributed by atoms with van der Waals surface area (Å²) < 4.78 is 39.2. The Morgan fingerprint density at radius 2 is 1.76 bits per heavy atom. The molecule has 1 aromatic heterocycles. The van der Waals surface area contributed by atoms with E-state index in [0.29, 0.717) is 31.7 Å². The van der Waals surface area contributed by atoms with Gasteiger partial charge in [0.15, 0.2) is 10.7 Å². The third kappa shape index (κ3) is 6.47. The monoisotopic (exact) mass is 523 g/mol. The first-order valence-electron chi connectivity index (χ1n) is 12.5. The maximum atomic E-state index is 13.5. The predicted octanol–water partition coefficient (Wildman–Crippen LogP) is 4.58. The van der Waals surface area contributed by atoms with Crippen molar-refractivity contribution < 1.29 is 22.5 Å². The highest BCUT2D eigenvalue weighted by Crippen LogP contribution is 2.29. The highest BCUT2D eigenvalue weighted by Gasteiger charge is 2.35. The van der Waals surface area contributed by atoms with E-state index in [2.05, 4.69) is 10.5 Å². The van der Waals surface area contributed by atoms with Gasteiger partial charge < -0.3 is 14.6 Å². The minimum atomic E-state index is -3.82. The fraction of sp³-hybridized carbons (Fsp3) is 0.357. The van der Waals surface area contributed by atoms with Gasteiger partial charge in [-0.3, -0.25) is 4.79 Å². The van der Waals surface area contributed by atoms with Gasteiger partial charge in [0.05, 0.1) is 6.61 Å². The van der Waals surface area contributed by atoms with Crippen molar-refractivity contribution in [2.75, 3.05) is 19.7 Å². The number of carbonyl (C=O) groups excluding carboxylic acids is 1. The maximum absolute atomic E-state index is 13.5. The van der Waals surface area contributed by atoms with Gasteiger partial charge in [-0.2, -0.15) is 4.31 Å². The lowest BCUT2D eigenvalue weighted by atomic mass is 9.97. The van der Waals surface area contributed by atoms with E-state index in [9.17, 15) is 13.2 Å². The topological polar surface area (TPSA) is 102 Å². The van der Waals surface area contributed by atoms with E-state index < -0.39 is 10.0 Å². The van der Waals surface area contributed by atoms with Crippen molar-refractivity contribution in [3.63, 3.8) is 0 Å². The molecule has 9 heteroatoms. The molecule has 0 aliphatic carbocycles. The summed E-state index contributed by atoms with van der Waals surface area (Å²) in [6.45, 7) is 7.10. The maximum Gasteiger partial charge on any atom is 0.248 e. The van der Waals surface area contributed by atoms with E-state index in [-0.39, 0.29) is 35.6 Å². The summed E-state index contributed by atoms with van der Waals surface area (Å²) in [5.41, 5.74) is 3.37. The number of piperidine rings is 1. The molecule has 8 nitrogen and oxygen atoms in total. The Kier molecular flexibility index (Phi) is 8.45. The van der Waals surface area contributed by atoms with Gasteiger partial charge in [-0.05, 0) is 62.9 Å². The molecule has 2 heterocycles. The van der Waals surface area contributed by atoms with Gasteiger partial charge in [0.2, 0.25) is 15.9 Å². The summed E-state index contributed by atoms with van der Waals surface area (Å²) in [4.78, 5) is 12.8. The largest absolute Gasteiger partial charge is 0.494 e. The van der Waals surface area contributed by atoms with Gasteiger partial charge in [0.25, 0.3) is 0 Å². The van der Waals surface area contributed by atoms with Crippen molar-refractivity contribution in [2.24, 2.45) is 5.92 Å². The second-order valence-corrected chi connectivity index (χ2v) is 11.1. The predicted molar refractivity (Wildman–Crippen MR) is 142 cm³/mol. The molecular formula is C28H33N3O5S. The normalized spacial score (nSPS) is 15.2. The molecule has 0 unspecified atom stereocenters. The zero-order valence-electron chi connectivity index (χ0n) is 21.4. The lowest BCUT2D eigenvalue weighted by Crippen LogP contribution is -2.43. The third-order valence-corrected chi connectivity index (χ3v) is 8.52. The SMILES string of the molecule is CCOc1ccc(CNC(=O)C2CCN(S(=O)(=O)c3c(C)noc3/C=C/c3ccc(C)cc3)CC2)cc1. The first kappa shape index (κ1) is 26.6. The lowest BCUT2D eigenvalue weighted by molar-refractivity contribution is -0.126. The highest BCUT2D eigenvalue weighted by molar-refractivity contribution is 7.89. The van der Waals surface area contributed by atoms with Crippen LogP contribution in [0.25, 0.3) is 12.2 Å². The zero-order valence-corrected chi connectivity index (χ0v) is 22.3. The Bertz CT molecular complexity index is 1340. The van der Waals surface area contributed by atoms with E-state index in [0.717, 1.165) is 22.4 Å². The van der Waals surface area contributed by atoms with Gasteiger partial charge >= 0.3 is 0 Å². The second kappa shape index (κ2) is 11.7. The van der Waals surface area contributed by atoms with Crippen LogP contribution in [0.3, 0.4) is 0 Å². The fourth-order valence-corrected chi connectivity index (χ4v) is 6.06. The summed E-state index contributed by atoms with van der Waals surface area (Å²) in [6, 6.07) is 15.5. The standard InChI is InChI=1S/C28H33N3O5S/c1-4-35-25-12-9-23(10-13-25)19-29-28(32)24-15-17-31(18-16-24)37(33,34)27-21(3)30-36-26(27)14-11-22-7-5-20(2)6-8-22/h5-14,24H,4,15-19H2,1-3H3,(H,29,32)/b14-11+. The third-order valence-electron chi connectivity index (χ3n) is 6.46. The molecule has 3 aromatic rings. The molecule has 1 aliphatic rings. The Hall–Kier alpha value is -3.43. The lowest BCUT2D eigenvalue weighted by Gasteiger charge is -2.30. The number of nitrogens with zero attached hydrogens (tertiary/aromatic N) is 2. The number of nitrogens with one attached hydrogen (secondary N) is 1. The summed E-state index contributed by atoms with van der Waals surface area (Å²) in [5.74, 6) is 0.698. The smallest absolute Gasteiger partial charge is 0.248 e. The van der Waals surface area contributed by atoms with Gasteiger partial charge in [-0.25, -0.2) is 8.42 Å². The Labute approximate surface area is 218 Å². The molecule has 37 heavy (non-hydrogen) atoms. The summed E-state index contributed by atoms with van der Waals surface area (Å²) in [5, 5.41) is 6.89. The number of ether oxygens (including phenoxy) is 1. The number of carbonyl (C=O) groups is 1. The van der Waals surface area contributed by atoms with E-state index in [4.69, 9.17) is 9.26 Å². The van der Waals surface area contributed by atoms with Crippen LogP contribution in [0.2, 0.25) is 0 Å². The molecule has 0 radical (unpaired) electrons. The summed E-state index contributed by atoms with van der Waals surface area (Å²) >= 11 is 0. The quantitative estimate of drug-likeness (QED) is 0.441. The van der Waals surface area contributed by atoms with E-state index in [1.807, 2.05) is 62.4 Å². The molecule has 4 rings (SSSR count). The number of aromatic nitrogens is 1. The number of aryl methyl sites for hydroxylation is 2. The summed E-state index contributed by atoms with van der Waals surface area (Å²) in [6.07, 6.45) is 4.35. The molecule has 0 bridgehead atoms. The second-order valence-electron chi connectivity index (χ2n) is 9.18. The van der Waals surface area contributed by atoms with Crippen molar-refractivity contribution in [1.29, 1.82) is 0 Å². The number of sulfonamides is 1. The van der Waals surface area contributed by atoms with Crippen molar-refractivity contribution >= 4 is 28.1 Å². The minimum absolute atomic E-state index is 0.0613. The van der Waals surface area contributed by atoms with Crippen LogP contribution in [0.1, 0.15) is 47.9 Å². The van der Waals surface area contributed by atoms with Crippen LogP contribution in [-0.4, -0.2) is 43.5 Å². The van der Waals surface area contributed by atoms with Crippen molar-refractivity contribution in [3.8, 4) is 5.75 Å². The molecule has 1 saturated heterocycles. The Morgan fingerprint density at radius 1 is 1.08 bits per heavy atom. The van der Waals surface area contributed by atoms with Crippen LogP contribution in [0, 0.1) is 19.8 Å². The number of hydrogen-bond donors (Lipinski definition) is 1. The van der Waals surface area contributed by atoms with Crippen molar-refractivity contribution in [1.82, 2.24) is 14.8 Å². The van der Waals surface area contributed by atoms with Crippen LogP contribution in [0.4, 0.5) is 0 Å². The molecule has 1 fully saturated rings. The minimum Gasteiger partial charge on any atom is -0.494 e. The van der Waals surface area contributed by atoms with Gasteiger partial charge in [0.1, 0.15) is 11.4 Å². The molecule has 1 aliphatic heterocycles. The van der Waals surface area contributed by atoms with Gasteiger partial charge in [-0.1, -0.05) is 53.2 Å². The van der Waals surface area contributed by atoms with E-state index in [1.54, 1.807) is 19.1 Å². The fourth-order valence-electron chi connectivity index (χ4n) is 4.34. The van der Waals surface area contributed by atoms with Gasteiger partial charge in [0, 0.05) is 25.6 Å². The van der Waals surface area contributed by atoms with Crippen LogP contribution < -0.4 is 10.1 Å². The Balaban J connectivity index is 1.36. The van der Waals surface area contributed by atoms with Crippen LogP contribution in [-0.2, 0) is 21.4 Å². The molecular weight excluding hydrogens is 490 g/mol. The number of benzene rings is 2. The van der Waals surface area contributed by atoms with Crippen LogP contribution in [0.5, 0.6) is 5.75 Å². The molecule has 0 atom stereocenters. The summed E-state index contributed by atoms with van der Waals surface area (Å²) in [7, 11) is -3.82. The average Bonchev–Trinajstić information content (AvgIpc) is 3.29. The Morgan fingerprint density at radius 3 is 2.41 bits per heavy atom. The number of hydrogen-bond acceptors (Lipinski definition) is 6. The van der Waals surface area contributed by atoms with Gasteiger partial charge in [-0.15, -0.1) is 0 Å². The molecule has 2 aromatic carbocycles. The molecule has 0 spiro atoms. The molecule has 0 saturated carbocycles. The van der Waals surface area contributed by atoms with Crippen LogP contribution >= 0.6 is 0 Å². The molecule has 196 valence electrons.